The molecule has 0 unspecified atom stereocenters. The maximum absolute atomic E-state index is 12.8. The number of benzene rings is 2. The van der Waals surface area contributed by atoms with Gasteiger partial charge in [-0.25, -0.2) is 13.2 Å². The molecule has 1 heterocycles. The number of carboxylic acid groups (broad SMARTS) is 1. The van der Waals surface area contributed by atoms with Crippen LogP contribution in [0.3, 0.4) is 0 Å². The minimum absolute atomic E-state index is 0.0359. The van der Waals surface area contributed by atoms with Crippen molar-refractivity contribution in [3.05, 3.63) is 72.8 Å². The first kappa shape index (κ1) is 18.7. The summed E-state index contributed by atoms with van der Waals surface area (Å²) in [5.41, 5.74) is 1.30. The first-order valence-electron chi connectivity index (χ1n) is 7.75. The van der Waals surface area contributed by atoms with Crippen molar-refractivity contribution in [2.45, 2.75) is 4.90 Å². The maximum Gasteiger partial charge on any atom is 0.512 e. The van der Waals surface area contributed by atoms with Gasteiger partial charge in [-0.15, -0.1) is 0 Å². The van der Waals surface area contributed by atoms with E-state index in [1.807, 2.05) is 30.3 Å². The third-order valence-corrected chi connectivity index (χ3v) is 6.11. The summed E-state index contributed by atoms with van der Waals surface area (Å²) in [6.07, 6.45) is -0.0879. The second-order valence-corrected chi connectivity index (χ2v) is 8.06. The summed E-state index contributed by atoms with van der Waals surface area (Å²) < 4.78 is 32.8. The largest absolute Gasteiger partial charge is 0.512 e. The lowest BCUT2D eigenvalue weighted by molar-refractivity contribution is 0.146. The van der Waals surface area contributed by atoms with Crippen LogP contribution in [0.4, 0.5) is 10.5 Å². The summed E-state index contributed by atoms with van der Waals surface area (Å²) in [7, 11) is -3.97. The lowest BCUT2D eigenvalue weighted by Gasteiger charge is -2.10. The van der Waals surface area contributed by atoms with Gasteiger partial charge in [0.1, 0.15) is 5.69 Å². The number of sulfonamides is 1. The van der Waals surface area contributed by atoms with Gasteiger partial charge < -0.3 is 9.84 Å². The normalized spacial score (nSPS) is 11.0. The minimum atomic E-state index is -3.97. The van der Waals surface area contributed by atoms with Crippen LogP contribution in [0.1, 0.15) is 5.56 Å². The highest BCUT2D eigenvalue weighted by Gasteiger charge is 2.22. The molecule has 2 N–H and O–H groups in total. The Bertz CT molecular complexity index is 1090. The molecule has 3 aromatic rings. The van der Waals surface area contributed by atoms with E-state index < -0.39 is 16.2 Å². The Kier molecular flexibility index (Phi) is 5.29. The molecule has 0 atom stereocenters. The van der Waals surface area contributed by atoms with E-state index in [9.17, 15) is 13.2 Å². The predicted molar refractivity (Wildman–Crippen MR) is 106 cm³/mol. The van der Waals surface area contributed by atoms with Crippen LogP contribution in [0.25, 0.3) is 16.5 Å². The monoisotopic (exact) mass is 401 g/mol. The van der Waals surface area contributed by atoms with E-state index in [0.29, 0.717) is 10.4 Å². The van der Waals surface area contributed by atoms with Crippen molar-refractivity contribution in [3.8, 4) is 15.5 Å². The molecule has 6 nitrogen and oxygen atoms in total. The third-order valence-electron chi connectivity index (χ3n) is 3.61. The van der Waals surface area contributed by atoms with E-state index in [0.717, 1.165) is 16.9 Å². The first-order valence-corrected chi connectivity index (χ1v) is 10.0. The SMILES string of the molecule is C=Cc1ccccc1S(=O)(=O)Nc1cc(-c2ccccc2)sc1OC(=O)O. The molecule has 2 aromatic carbocycles. The Morgan fingerprint density at radius 2 is 1.78 bits per heavy atom. The molecule has 0 aliphatic carbocycles. The Morgan fingerprint density at radius 3 is 2.44 bits per heavy atom. The summed E-state index contributed by atoms with van der Waals surface area (Å²) >= 11 is 1.04. The van der Waals surface area contributed by atoms with E-state index in [4.69, 9.17) is 9.84 Å². The van der Waals surface area contributed by atoms with E-state index in [2.05, 4.69) is 11.3 Å². The van der Waals surface area contributed by atoms with Crippen molar-refractivity contribution in [2.24, 2.45) is 0 Å². The molecule has 0 saturated heterocycles. The highest BCUT2D eigenvalue weighted by Crippen LogP contribution is 2.42. The Morgan fingerprint density at radius 1 is 1.11 bits per heavy atom. The predicted octanol–water partition coefficient (Wildman–Crippen LogP) is 4.92. The van der Waals surface area contributed by atoms with Gasteiger partial charge in [0.05, 0.1) is 4.90 Å². The van der Waals surface area contributed by atoms with Crippen LogP contribution in [0.15, 0.2) is 72.1 Å². The fraction of sp³-hybridized carbons (Fsp3) is 0. The second-order valence-electron chi connectivity index (χ2n) is 5.39. The molecule has 0 fully saturated rings. The van der Waals surface area contributed by atoms with Gasteiger partial charge in [-0.3, -0.25) is 4.72 Å². The fourth-order valence-electron chi connectivity index (χ4n) is 2.44. The molecule has 0 spiro atoms. The van der Waals surface area contributed by atoms with Gasteiger partial charge in [0.25, 0.3) is 10.0 Å². The topological polar surface area (TPSA) is 92.7 Å². The van der Waals surface area contributed by atoms with Crippen LogP contribution in [0.5, 0.6) is 5.06 Å². The first-order chi connectivity index (χ1) is 12.9. The van der Waals surface area contributed by atoms with Crippen LogP contribution in [0.2, 0.25) is 0 Å². The van der Waals surface area contributed by atoms with Crippen molar-refractivity contribution in [3.63, 3.8) is 0 Å². The minimum Gasteiger partial charge on any atom is -0.449 e. The summed E-state index contributed by atoms with van der Waals surface area (Å²) in [6, 6.07) is 17.1. The van der Waals surface area contributed by atoms with Gasteiger partial charge in [-0.1, -0.05) is 72.5 Å². The van der Waals surface area contributed by atoms with Crippen molar-refractivity contribution < 1.29 is 23.1 Å². The average molecular weight is 401 g/mol. The molecule has 0 radical (unpaired) electrons. The van der Waals surface area contributed by atoms with Crippen molar-refractivity contribution in [2.75, 3.05) is 4.72 Å². The maximum atomic E-state index is 12.8. The Balaban J connectivity index is 2.03. The molecule has 0 aliphatic rings. The van der Waals surface area contributed by atoms with Gasteiger partial charge in [-0.2, -0.15) is 0 Å². The van der Waals surface area contributed by atoms with Gasteiger partial charge in [-0.05, 0) is 23.3 Å². The molecule has 1 aromatic heterocycles. The zero-order valence-corrected chi connectivity index (χ0v) is 15.6. The summed E-state index contributed by atoms with van der Waals surface area (Å²) in [6.45, 7) is 3.62. The average Bonchev–Trinajstić information content (AvgIpc) is 3.03. The van der Waals surface area contributed by atoms with Crippen molar-refractivity contribution in [1.29, 1.82) is 0 Å². The molecule has 0 bridgehead atoms. The van der Waals surface area contributed by atoms with Gasteiger partial charge >= 0.3 is 6.16 Å². The zero-order valence-electron chi connectivity index (χ0n) is 14.0. The van der Waals surface area contributed by atoms with Crippen LogP contribution in [-0.2, 0) is 10.0 Å². The van der Waals surface area contributed by atoms with E-state index in [1.54, 1.807) is 24.3 Å². The highest BCUT2D eigenvalue weighted by molar-refractivity contribution is 7.92. The van der Waals surface area contributed by atoms with Crippen LogP contribution in [-0.4, -0.2) is 19.7 Å². The van der Waals surface area contributed by atoms with Crippen LogP contribution < -0.4 is 9.46 Å². The van der Waals surface area contributed by atoms with Crippen molar-refractivity contribution in [1.82, 2.24) is 0 Å². The van der Waals surface area contributed by atoms with Crippen LogP contribution in [0, 0.1) is 0 Å². The molecular weight excluding hydrogens is 386 g/mol. The zero-order chi connectivity index (χ0) is 19.4. The number of hydrogen-bond acceptors (Lipinski definition) is 5. The number of ether oxygens (including phenoxy) is 1. The number of anilines is 1. The van der Waals surface area contributed by atoms with Gasteiger partial charge in [0, 0.05) is 4.88 Å². The summed E-state index contributed by atoms with van der Waals surface area (Å²) in [5, 5.41) is 8.91. The van der Waals surface area contributed by atoms with Gasteiger partial charge in [0.2, 0.25) is 5.06 Å². The van der Waals surface area contributed by atoms with Gasteiger partial charge in [0.15, 0.2) is 0 Å². The molecular formula is C19H15NO5S2. The number of nitrogens with one attached hydrogen (secondary N) is 1. The lowest BCUT2D eigenvalue weighted by Crippen LogP contribution is -2.15. The molecule has 0 amide bonds. The number of hydrogen-bond donors (Lipinski definition) is 2. The number of carbonyl (C=O) groups is 1. The number of rotatable bonds is 6. The standard InChI is InChI=1S/C19H15NO5S2/c1-2-13-8-6-7-11-17(13)27(23,24)20-15-12-16(14-9-4-3-5-10-14)26-18(15)25-19(21)22/h2-12,20H,1H2,(H,21,22). The lowest BCUT2D eigenvalue weighted by atomic mass is 10.2. The van der Waals surface area contributed by atoms with E-state index in [1.165, 1.54) is 12.1 Å². The van der Waals surface area contributed by atoms with E-state index in [-0.39, 0.29) is 15.6 Å². The smallest absolute Gasteiger partial charge is 0.449 e. The Hall–Kier alpha value is -3.10. The summed E-state index contributed by atoms with van der Waals surface area (Å²) in [4.78, 5) is 11.7. The summed E-state index contributed by atoms with van der Waals surface area (Å²) in [5.74, 6) is 0. The van der Waals surface area contributed by atoms with Crippen molar-refractivity contribution >= 4 is 39.3 Å². The quantitative estimate of drug-likeness (QED) is 0.572. The third kappa shape index (κ3) is 4.18. The molecule has 138 valence electrons. The Labute approximate surface area is 160 Å². The molecule has 8 heteroatoms. The van der Waals surface area contributed by atoms with E-state index >= 15 is 0 Å². The number of thiophene rings is 1. The second kappa shape index (κ2) is 7.65. The fourth-order valence-corrected chi connectivity index (χ4v) is 4.74. The molecule has 0 aliphatic heterocycles. The highest BCUT2D eigenvalue weighted by atomic mass is 32.2. The molecule has 3 rings (SSSR count). The molecule has 27 heavy (non-hydrogen) atoms. The van der Waals surface area contributed by atoms with Crippen LogP contribution >= 0.6 is 11.3 Å². The molecule has 0 saturated carbocycles.